The maximum atomic E-state index is 5.88. The minimum Gasteiger partial charge on any atom is -0.329 e. The van der Waals surface area contributed by atoms with Gasteiger partial charge in [0, 0.05) is 12.6 Å². The topological polar surface area (TPSA) is 29.3 Å². The van der Waals surface area contributed by atoms with E-state index >= 15 is 0 Å². The van der Waals surface area contributed by atoms with E-state index in [9.17, 15) is 0 Å². The first-order chi connectivity index (χ1) is 7.90. The molecule has 1 saturated heterocycles. The monoisotopic (exact) mass is 218 g/mol. The Hall–Kier alpha value is -0.860. The molecule has 88 valence electrons. The Labute approximate surface area is 98.4 Å². The lowest BCUT2D eigenvalue weighted by molar-refractivity contribution is 0.236. The molecule has 1 unspecified atom stereocenters. The van der Waals surface area contributed by atoms with E-state index < -0.39 is 0 Å². The number of aryl methyl sites for hydroxylation is 1. The number of nitrogens with two attached hydrogens (primary N) is 1. The third kappa shape index (κ3) is 3.06. The number of nitrogens with zero attached hydrogens (tertiary/aromatic N) is 1. The van der Waals surface area contributed by atoms with Gasteiger partial charge in [-0.3, -0.25) is 4.90 Å². The van der Waals surface area contributed by atoms with E-state index in [-0.39, 0.29) is 0 Å². The van der Waals surface area contributed by atoms with Gasteiger partial charge in [0.05, 0.1) is 0 Å². The minimum atomic E-state index is 0.586. The molecule has 0 radical (unpaired) electrons. The zero-order valence-corrected chi connectivity index (χ0v) is 9.94. The van der Waals surface area contributed by atoms with E-state index in [4.69, 9.17) is 5.73 Å². The second-order valence-corrected chi connectivity index (χ2v) is 4.66. The maximum Gasteiger partial charge on any atom is 0.0221 e. The van der Waals surface area contributed by atoms with Gasteiger partial charge in [0.15, 0.2) is 0 Å². The van der Waals surface area contributed by atoms with Gasteiger partial charge in [-0.1, -0.05) is 30.3 Å². The van der Waals surface area contributed by atoms with Crippen molar-refractivity contribution in [1.29, 1.82) is 0 Å². The molecule has 0 saturated carbocycles. The number of likely N-dealkylation sites (tertiary alicyclic amines) is 1. The Bertz CT molecular complexity index is 291. The molecule has 1 aromatic carbocycles. The third-order valence-electron chi connectivity index (χ3n) is 3.54. The van der Waals surface area contributed by atoms with Crippen molar-refractivity contribution in [3.8, 4) is 0 Å². The number of benzene rings is 1. The summed E-state index contributed by atoms with van der Waals surface area (Å²) >= 11 is 0. The van der Waals surface area contributed by atoms with E-state index in [1.165, 1.54) is 37.9 Å². The quantitative estimate of drug-likeness (QED) is 0.819. The van der Waals surface area contributed by atoms with E-state index in [0.717, 1.165) is 13.0 Å². The van der Waals surface area contributed by atoms with Crippen LogP contribution in [0.5, 0.6) is 0 Å². The lowest BCUT2D eigenvalue weighted by atomic mass is 10.0. The molecule has 1 heterocycles. The van der Waals surface area contributed by atoms with Crippen LogP contribution in [0.15, 0.2) is 30.3 Å². The molecule has 16 heavy (non-hydrogen) atoms. The lowest BCUT2D eigenvalue weighted by Gasteiger charge is -2.26. The maximum absolute atomic E-state index is 5.88. The molecule has 0 bridgehead atoms. The fraction of sp³-hybridized carbons (Fsp3) is 0.571. The van der Waals surface area contributed by atoms with Gasteiger partial charge in [-0.25, -0.2) is 0 Å². The summed E-state index contributed by atoms with van der Waals surface area (Å²) in [6, 6.07) is 11.3. The zero-order chi connectivity index (χ0) is 11.2. The molecule has 2 N–H and O–H groups in total. The van der Waals surface area contributed by atoms with Gasteiger partial charge >= 0.3 is 0 Å². The highest BCUT2D eigenvalue weighted by molar-refractivity contribution is 5.14. The first kappa shape index (κ1) is 11.6. The fourth-order valence-corrected chi connectivity index (χ4v) is 2.53. The molecule has 2 rings (SSSR count). The molecular weight excluding hydrogens is 196 g/mol. The van der Waals surface area contributed by atoms with Crippen LogP contribution in [0, 0.1) is 0 Å². The summed E-state index contributed by atoms with van der Waals surface area (Å²) in [6.07, 6.45) is 5.05. The minimum absolute atomic E-state index is 0.586. The average Bonchev–Trinajstić information content (AvgIpc) is 2.85. The molecule has 0 amide bonds. The van der Waals surface area contributed by atoms with Crippen LogP contribution in [0.25, 0.3) is 0 Å². The highest BCUT2D eigenvalue weighted by Crippen LogP contribution is 2.15. The first-order valence-corrected chi connectivity index (χ1v) is 6.38. The molecule has 1 fully saturated rings. The van der Waals surface area contributed by atoms with E-state index in [1.807, 2.05) is 0 Å². The van der Waals surface area contributed by atoms with Gasteiger partial charge in [0.2, 0.25) is 0 Å². The number of hydrogen-bond acceptors (Lipinski definition) is 2. The highest BCUT2D eigenvalue weighted by Gasteiger charge is 2.20. The summed E-state index contributed by atoms with van der Waals surface area (Å²) in [5, 5.41) is 0. The summed E-state index contributed by atoms with van der Waals surface area (Å²) < 4.78 is 0. The van der Waals surface area contributed by atoms with Crippen molar-refractivity contribution in [2.24, 2.45) is 5.73 Å². The van der Waals surface area contributed by atoms with Crippen LogP contribution in [0.3, 0.4) is 0 Å². The molecule has 1 aliphatic rings. The first-order valence-electron chi connectivity index (χ1n) is 6.38. The SMILES string of the molecule is NCC(CCc1ccccc1)N1CCCC1. The Kier molecular flexibility index (Phi) is 4.37. The molecule has 2 nitrogen and oxygen atoms in total. The van der Waals surface area contributed by atoms with Crippen LogP contribution < -0.4 is 5.73 Å². The molecule has 1 atom stereocenters. The molecule has 2 heteroatoms. The van der Waals surface area contributed by atoms with Crippen molar-refractivity contribution in [3.05, 3.63) is 35.9 Å². The Morgan fingerprint density at radius 2 is 1.81 bits per heavy atom. The smallest absolute Gasteiger partial charge is 0.0221 e. The van der Waals surface area contributed by atoms with Crippen LogP contribution in [-0.2, 0) is 6.42 Å². The van der Waals surface area contributed by atoms with E-state index in [0.29, 0.717) is 6.04 Å². The highest BCUT2D eigenvalue weighted by atomic mass is 15.2. The average molecular weight is 218 g/mol. The molecule has 1 aromatic rings. The summed E-state index contributed by atoms with van der Waals surface area (Å²) in [4.78, 5) is 2.56. The Balaban J connectivity index is 1.83. The van der Waals surface area contributed by atoms with Gasteiger partial charge in [-0.15, -0.1) is 0 Å². The molecular formula is C14H22N2. The lowest BCUT2D eigenvalue weighted by Crippen LogP contribution is -2.38. The van der Waals surface area contributed by atoms with Crippen molar-refractivity contribution in [1.82, 2.24) is 4.90 Å². The van der Waals surface area contributed by atoms with Crippen LogP contribution in [0.4, 0.5) is 0 Å². The van der Waals surface area contributed by atoms with Gasteiger partial charge in [0.1, 0.15) is 0 Å². The normalized spacial score (nSPS) is 18.8. The van der Waals surface area contributed by atoms with Crippen molar-refractivity contribution in [2.75, 3.05) is 19.6 Å². The Morgan fingerprint density at radius 3 is 2.44 bits per heavy atom. The standard InChI is InChI=1S/C14H22N2/c15-12-14(16-10-4-5-11-16)9-8-13-6-2-1-3-7-13/h1-3,6-7,14H,4-5,8-12,15H2. The number of rotatable bonds is 5. The largest absolute Gasteiger partial charge is 0.329 e. The van der Waals surface area contributed by atoms with Crippen molar-refractivity contribution < 1.29 is 0 Å². The molecule has 1 aliphatic heterocycles. The van der Waals surface area contributed by atoms with Crippen molar-refractivity contribution >= 4 is 0 Å². The van der Waals surface area contributed by atoms with Gasteiger partial charge in [-0.05, 0) is 44.3 Å². The Morgan fingerprint density at radius 1 is 1.12 bits per heavy atom. The van der Waals surface area contributed by atoms with Gasteiger partial charge in [0.25, 0.3) is 0 Å². The summed E-state index contributed by atoms with van der Waals surface area (Å²) in [5.41, 5.74) is 7.31. The molecule has 0 aromatic heterocycles. The van der Waals surface area contributed by atoms with Crippen LogP contribution in [-0.4, -0.2) is 30.6 Å². The van der Waals surface area contributed by atoms with Crippen molar-refractivity contribution in [2.45, 2.75) is 31.7 Å². The fourth-order valence-electron chi connectivity index (χ4n) is 2.53. The van der Waals surface area contributed by atoms with Crippen LogP contribution in [0.1, 0.15) is 24.8 Å². The van der Waals surface area contributed by atoms with Gasteiger partial charge < -0.3 is 5.73 Å². The van der Waals surface area contributed by atoms with Gasteiger partial charge in [-0.2, -0.15) is 0 Å². The third-order valence-corrected chi connectivity index (χ3v) is 3.54. The molecule has 0 aliphatic carbocycles. The van der Waals surface area contributed by atoms with Crippen molar-refractivity contribution in [3.63, 3.8) is 0 Å². The summed E-state index contributed by atoms with van der Waals surface area (Å²) in [7, 11) is 0. The summed E-state index contributed by atoms with van der Waals surface area (Å²) in [5.74, 6) is 0. The predicted molar refractivity (Wildman–Crippen MR) is 68.4 cm³/mol. The summed E-state index contributed by atoms with van der Waals surface area (Å²) in [6.45, 7) is 3.29. The van der Waals surface area contributed by atoms with Crippen LogP contribution >= 0.6 is 0 Å². The van der Waals surface area contributed by atoms with E-state index in [2.05, 4.69) is 35.2 Å². The van der Waals surface area contributed by atoms with Crippen LogP contribution in [0.2, 0.25) is 0 Å². The van der Waals surface area contributed by atoms with E-state index in [1.54, 1.807) is 0 Å². The number of hydrogen-bond donors (Lipinski definition) is 1. The second-order valence-electron chi connectivity index (χ2n) is 4.66. The zero-order valence-electron chi connectivity index (χ0n) is 9.94. The second kappa shape index (κ2) is 6.02. The predicted octanol–water partition coefficient (Wildman–Crippen LogP) is 2.04. The molecule has 0 spiro atoms.